The number of fused-ring (bicyclic) bond motifs is 8. The molecule has 0 saturated heterocycles. The lowest BCUT2D eigenvalue weighted by molar-refractivity contribution is 0.590. The van der Waals surface area contributed by atoms with Crippen molar-refractivity contribution in [3.8, 4) is 6.07 Å². The third-order valence-corrected chi connectivity index (χ3v) is 12.9. The van der Waals surface area contributed by atoms with Crippen molar-refractivity contribution in [2.24, 2.45) is 0 Å². The van der Waals surface area contributed by atoms with Crippen molar-refractivity contribution in [2.75, 3.05) is 9.80 Å². The normalized spacial score (nSPS) is 12.1. The summed E-state index contributed by atoms with van der Waals surface area (Å²) in [6.45, 7) is 20.9. The Labute approximate surface area is 384 Å². The molecule has 0 atom stereocenters. The predicted molar refractivity (Wildman–Crippen MR) is 274 cm³/mol. The van der Waals surface area contributed by atoms with E-state index in [2.05, 4.69) is 184 Å². The summed E-state index contributed by atoms with van der Waals surface area (Å²) < 4.78 is 13.3. The summed E-state index contributed by atoms with van der Waals surface area (Å²) in [6, 6.07) is 61.3. The maximum atomic E-state index is 9.52. The van der Waals surface area contributed by atoms with Crippen LogP contribution in [-0.2, 0) is 10.8 Å². The van der Waals surface area contributed by atoms with E-state index in [1.165, 1.54) is 11.1 Å². The fourth-order valence-electron chi connectivity index (χ4n) is 9.26. The SMILES string of the molecule is [C-]#[N+]c1ccc(N(c2ccc(C(C)(C)C)cc2)c2ccc3cc4c(cc3c2)oc2cc3c(cc24)oc2cc4cc(N(c5ccc(C#N)cc5)c5ccc(C(C)(C)C)cc5)ccc4cc23)cc1. The Kier molecular flexibility index (Phi) is 9.29. The molecule has 11 aromatic rings. The van der Waals surface area contributed by atoms with Crippen molar-refractivity contribution in [1.29, 1.82) is 5.26 Å². The molecule has 66 heavy (non-hydrogen) atoms. The Bertz CT molecular complexity index is 3520. The number of hydrogen-bond donors (Lipinski definition) is 0. The van der Waals surface area contributed by atoms with Crippen LogP contribution in [0, 0.1) is 17.9 Å². The van der Waals surface area contributed by atoms with Crippen LogP contribution in [0.4, 0.5) is 39.8 Å². The zero-order valence-electron chi connectivity index (χ0n) is 37.8. The number of nitrogens with zero attached hydrogens (tertiary/aromatic N) is 4. The number of rotatable bonds is 6. The lowest BCUT2D eigenvalue weighted by Crippen LogP contribution is -2.13. The second kappa shape index (κ2) is 15.2. The quantitative estimate of drug-likeness (QED) is 0.156. The minimum Gasteiger partial charge on any atom is -0.456 e. The molecule has 11 rings (SSSR count). The van der Waals surface area contributed by atoms with Crippen LogP contribution < -0.4 is 9.80 Å². The van der Waals surface area contributed by atoms with Crippen LogP contribution in [0.25, 0.3) is 70.3 Å². The van der Waals surface area contributed by atoms with Crippen LogP contribution >= 0.6 is 0 Å². The highest BCUT2D eigenvalue weighted by Crippen LogP contribution is 2.43. The lowest BCUT2D eigenvalue weighted by Gasteiger charge is -2.27. The summed E-state index contributed by atoms with van der Waals surface area (Å²) in [5.41, 5.74) is 13.1. The number of anilines is 6. The molecule has 0 spiro atoms. The minimum atomic E-state index is 0.0346. The lowest BCUT2D eigenvalue weighted by atomic mass is 9.87. The number of benzene rings is 9. The molecule has 0 aliphatic rings. The zero-order valence-corrected chi connectivity index (χ0v) is 37.8. The zero-order chi connectivity index (χ0) is 45.5. The Morgan fingerprint density at radius 3 is 1.14 bits per heavy atom. The van der Waals surface area contributed by atoms with Crippen molar-refractivity contribution in [3.63, 3.8) is 0 Å². The van der Waals surface area contributed by atoms with Gasteiger partial charge >= 0.3 is 0 Å². The summed E-state index contributed by atoms with van der Waals surface area (Å²) in [4.78, 5) is 8.10. The van der Waals surface area contributed by atoms with Crippen LogP contribution in [0.1, 0.15) is 58.2 Å². The molecule has 6 heteroatoms. The maximum Gasteiger partial charge on any atom is 0.187 e. The van der Waals surface area contributed by atoms with Gasteiger partial charge in [0.25, 0.3) is 0 Å². The Morgan fingerprint density at radius 2 is 0.758 bits per heavy atom. The highest BCUT2D eigenvalue weighted by molar-refractivity contribution is 6.18. The van der Waals surface area contributed by atoms with Crippen LogP contribution in [-0.4, -0.2) is 0 Å². The van der Waals surface area contributed by atoms with Crippen LogP contribution in [0.2, 0.25) is 0 Å². The number of nitriles is 1. The van der Waals surface area contributed by atoms with Gasteiger partial charge < -0.3 is 18.6 Å². The van der Waals surface area contributed by atoms with Crippen molar-refractivity contribution in [3.05, 3.63) is 198 Å². The van der Waals surface area contributed by atoms with Gasteiger partial charge in [0.2, 0.25) is 0 Å². The minimum absolute atomic E-state index is 0.0346. The van der Waals surface area contributed by atoms with E-state index in [1.807, 2.05) is 48.5 Å². The highest BCUT2D eigenvalue weighted by atomic mass is 16.3. The van der Waals surface area contributed by atoms with Gasteiger partial charge in [0.1, 0.15) is 22.3 Å². The van der Waals surface area contributed by atoms with Gasteiger partial charge in [0.05, 0.1) is 18.2 Å². The molecule has 0 amide bonds. The van der Waals surface area contributed by atoms with Gasteiger partial charge in [-0.25, -0.2) is 4.85 Å². The summed E-state index contributed by atoms with van der Waals surface area (Å²) in [7, 11) is 0. The fourth-order valence-corrected chi connectivity index (χ4v) is 9.26. The molecule has 2 heterocycles. The molecule has 0 radical (unpaired) electrons. The van der Waals surface area contributed by atoms with E-state index in [1.54, 1.807) is 0 Å². The molecular weight excluding hydrogens is 809 g/mol. The fraction of sp³-hybridized carbons (Fsp3) is 0.133. The van der Waals surface area contributed by atoms with E-state index in [4.69, 9.17) is 15.4 Å². The molecule has 0 aliphatic heterocycles. The van der Waals surface area contributed by atoms with E-state index < -0.39 is 0 Å². The molecule has 0 N–H and O–H groups in total. The molecule has 9 aromatic carbocycles. The molecule has 2 aromatic heterocycles. The first-order chi connectivity index (χ1) is 31.8. The summed E-state index contributed by atoms with van der Waals surface area (Å²) >= 11 is 0. The smallest absolute Gasteiger partial charge is 0.187 e. The molecule has 0 unspecified atom stereocenters. The molecule has 0 fully saturated rings. The first kappa shape index (κ1) is 40.5. The van der Waals surface area contributed by atoms with Gasteiger partial charge in [0, 0.05) is 55.7 Å². The Hall–Kier alpha value is -8.32. The van der Waals surface area contributed by atoms with E-state index in [0.717, 1.165) is 99.5 Å². The third-order valence-electron chi connectivity index (χ3n) is 12.9. The van der Waals surface area contributed by atoms with Gasteiger partial charge in [-0.05, 0) is 165 Å². The largest absolute Gasteiger partial charge is 0.456 e. The molecule has 0 aliphatic carbocycles. The van der Waals surface area contributed by atoms with E-state index in [-0.39, 0.29) is 10.8 Å². The average Bonchev–Trinajstić information content (AvgIpc) is 3.85. The number of furan rings is 2. The predicted octanol–water partition coefficient (Wildman–Crippen LogP) is 17.7. The van der Waals surface area contributed by atoms with Gasteiger partial charge in [0.15, 0.2) is 5.69 Å². The topological polar surface area (TPSA) is 60.9 Å². The first-order valence-corrected chi connectivity index (χ1v) is 22.3. The van der Waals surface area contributed by atoms with Gasteiger partial charge in [-0.15, -0.1) is 0 Å². The molecule has 0 bridgehead atoms. The van der Waals surface area contributed by atoms with Crippen LogP contribution in [0.5, 0.6) is 0 Å². The van der Waals surface area contributed by atoms with E-state index in [9.17, 15) is 5.26 Å². The second-order valence-electron chi connectivity index (χ2n) is 19.4. The van der Waals surface area contributed by atoms with Gasteiger partial charge in [-0.1, -0.05) is 90.1 Å². The van der Waals surface area contributed by atoms with E-state index >= 15 is 0 Å². The van der Waals surface area contributed by atoms with Crippen molar-refractivity contribution in [1.82, 2.24) is 0 Å². The van der Waals surface area contributed by atoms with Crippen molar-refractivity contribution in [2.45, 2.75) is 52.4 Å². The standard InChI is InChI=1S/C60H46N4O2/c1-59(2,3)42-12-22-46(23-13-42)63(45-18-8-37(36-61)9-19-45)49-20-10-38-30-51-53-34-58-54(35-57(53)65-55(51)32-40(38)28-49)52-31-39-11-21-50(29-41(39)33-56(52)66-58)64(48-26-16-44(62-7)17-27-48)47-24-14-43(15-25-47)60(4,5)6/h8-35H,1-6H3. The summed E-state index contributed by atoms with van der Waals surface area (Å²) in [6.07, 6.45) is 0. The molecule has 6 nitrogen and oxygen atoms in total. The molecular formula is C60H46N4O2. The summed E-state index contributed by atoms with van der Waals surface area (Å²) in [5, 5.41) is 17.9. The van der Waals surface area contributed by atoms with Crippen LogP contribution in [0.15, 0.2) is 179 Å². The molecule has 318 valence electrons. The average molecular weight is 855 g/mol. The summed E-state index contributed by atoms with van der Waals surface area (Å²) in [5.74, 6) is 0. The monoisotopic (exact) mass is 854 g/mol. The molecule has 0 saturated carbocycles. The van der Waals surface area contributed by atoms with Crippen molar-refractivity contribution >= 4 is 105 Å². The second-order valence-corrected chi connectivity index (χ2v) is 19.4. The van der Waals surface area contributed by atoms with Gasteiger partial charge in [-0.3, -0.25) is 0 Å². The van der Waals surface area contributed by atoms with Gasteiger partial charge in [-0.2, -0.15) is 5.26 Å². The number of hydrogen-bond acceptors (Lipinski definition) is 5. The first-order valence-electron chi connectivity index (χ1n) is 22.3. The van der Waals surface area contributed by atoms with Crippen LogP contribution in [0.3, 0.4) is 0 Å². The Balaban J connectivity index is 0.977. The van der Waals surface area contributed by atoms with Crippen molar-refractivity contribution < 1.29 is 8.83 Å². The highest BCUT2D eigenvalue weighted by Gasteiger charge is 2.21. The Morgan fingerprint density at radius 1 is 0.409 bits per heavy atom. The van der Waals surface area contributed by atoms with E-state index in [0.29, 0.717) is 11.3 Å². The third kappa shape index (κ3) is 7.05. The maximum absolute atomic E-state index is 9.52.